The SMILES string of the molecule is CCN(C(=O)c1ccc(Nc2ccc(Cl)cc2)nn1)C1CCS(=O)(=O)C1. The second kappa shape index (κ2) is 7.59. The van der Waals surface area contributed by atoms with E-state index in [9.17, 15) is 13.2 Å². The second-order valence-corrected chi connectivity index (χ2v) is 8.75. The Labute approximate surface area is 157 Å². The van der Waals surface area contributed by atoms with E-state index in [2.05, 4.69) is 15.5 Å². The molecule has 0 spiro atoms. The lowest BCUT2D eigenvalue weighted by Crippen LogP contribution is -2.41. The van der Waals surface area contributed by atoms with Gasteiger partial charge in [-0.2, -0.15) is 0 Å². The minimum atomic E-state index is -3.06. The molecular weight excluding hydrogens is 376 g/mol. The van der Waals surface area contributed by atoms with Gasteiger partial charge in [0, 0.05) is 23.3 Å². The molecule has 1 unspecified atom stereocenters. The molecule has 2 heterocycles. The summed E-state index contributed by atoms with van der Waals surface area (Å²) in [6, 6.07) is 10.1. The number of hydrogen-bond acceptors (Lipinski definition) is 6. The number of aromatic nitrogens is 2. The molecule has 0 radical (unpaired) electrons. The maximum absolute atomic E-state index is 12.7. The smallest absolute Gasteiger partial charge is 0.274 e. The van der Waals surface area contributed by atoms with Crippen LogP contribution < -0.4 is 5.32 Å². The minimum absolute atomic E-state index is 0.0101. The summed E-state index contributed by atoms with van der Waals surface area (Å²) in [6.45, 7) is 2.25. The molecule has 1 N–H and O–H groups in total. The molecule has 0 aliphatic carbocycles. The number of nitrogens with zero attached hydrogens (tertiary/aromatic N) is 3. The molecule has 1 aromatic carbocycles. The van der Waals surface area contributed by atoms with E-state index < -0.39 is 9.84 Å². The average molecular weight is 395 g/mol. The zero-order chi connectivity index (χ0) is 18.7. The van der Waals surface area contributed by atoms with Crippen LogP contribution in [0, 0.1) is 0 Å². The lowest BCUT2D eigenvalue weighted by Gasteiger charge is -2.26. The van der Waals surface area contributed by atoms with Gasteiger partial charge in [-0.15, -0.1) is 10.2 Å². The third-order valence-corrected chi connectivity index (χ3v) is 6.25. The fourth-order valence-electron chi connectivity index (χ4n) is 2.93. The number of anilines is 2. The van der Waals surface area contributed by atoms with Gasteiger partial charge in [0.15, 0.2) is 21.3 Å². The zero-order valence-electron chi connectivity index (χ0n) is 14.2. The predicted molar refractivity (Wildman–Crippen MR) is 101 cm³/mol. The van der Waals surface area contributed by atoms with Crippen LogP contribution in [-0.4, -0.2) is 53.5 Å². The molecule has 1 aliphatic heterocycles. The lowest BCUT2D eigenvalue weighted by molar-refractivity contribution is 0.0701. The number of hydrogen-bond donors (Lipinski definition) is 1. The van der Waals surface area contributed by atoms with Gasteiger partial charge in [0.2, 0.25) is 0 Å². The van der Waals surface area contributed by atoms with Crippen molar-refractivity contribution in [2.24, 2.45) is 0 Å². The standard InChI is InChI=1S/C17H19ClN4O3S/c1-2-22(14-9-10-26(24,25)11-14)17(23)15-7-8-16(21-20-15)19-13-5-3-12(18)4-6-13/h3-8,14H,2,9-11H2,1H3,(H,19,21). The molecule has 9 heteroatoms. The highest BCUT2D eigenvalue weighted by atomic mass is 35.5. The Morgan fingerprint density at radius 1 is 1.23 bits per heavy atom. The summed E-state index contributed by atoms with van der Waals surface area (Å²) in [4.78, 5) is 14.2. The van der Waals surface area contributed by atoms with E-state index in [4.69, 9.17) is 11.6 Å². The molecule has 1 fully saturated rings. The fraction of sp³-hybridized carbons (Fsp3) is 0.353. The summed E-state index contributed by atoms with van der Waals surface area (Å²) in [5, 5.41) is 11.7. The molecule has 0 bridgehead atoms. The molecular formula is C17H19ClN4O3S. The van der Waals surface area contributed by atoms with Gasteiger partial charge in [-0.3, -0.25) is 4.79 Å². The average Bonchev–Trinajstić information content (AvgIpc) is 2.98. The maximum Gasteiger partial charge on any atom is 0.274 e. The van der Waals surface area contributed by atoms with Gasteiger partial charge in [-0.25, -0.2) is 8.42 Å². The summed E-state index contributed by atoms with van der Waals surface area (Å²) in [7, 11) is -3.06. The first-order valence-electron chi connectivity index (χ1n) is 8.25. The monoisotopic (exact) mass is 394 g/mol. The number of rotatable bonds is 5. The molecule has 2 aromatic rings. The van der Waals surface area contributed by atoms with Gasteiger partial charge >= 0.3 is 0 Å². The highest BCUT2D eigenvalue weighted by molar-refractivity contribution is 7.91. The molecule has 1 amide bonds. The van der Waals surface area contributed by atoms with Crippen molar-refractivity contribution < 1.29 is 13.2 Å². The first kappa shape index (κ1) is 18.6. The molecule has 1 atom stereocenters. The minimum Gasteiger partial charge on any atom is -0.339 e. The third-order valence-electron chi connectivity index (χ3n) is 4.25. The third kappa shape index (κ3) is 4.31. The number of sulfone groups is 1. The van der Waals surface area contributed by atoms with Crippen LogP contribution in [0.2, 0.25) is 5.02 Å². The molecule has 138 valence electrons. The van der Waals surface area contributed by atoms with Crippen molar-refractivity contribution in [2.45, 2.75) is 19.4 Å². The van der Waals surface area contributed by atoms with Crippen LogP contribution in [0.4, 0.5) is 11.5 Å². The summed E-state index contributed by atoms with van der Waals surface area (Å²) in [6.07, 6.45) is 0.464. The number of nitrogens with one attached hydrogen (secondary N) is 1. The fourth-order valence-corrected chi connectivity index (χ4v) is 4.79. The topological polar surface area (TPSA) is 92.3 Å². The molecule has 0 saturated carbocycles. The quantitative estimate of drug-likeness (QED) is 0.837. The Balaban J connectivity index is 1.70. The Morgan fingerprint density at radius 3 is 2.50 bits per heavy atom. The number of amides is 1. The number of carbonyl (C=O) groups is 1. The van der Waals surface area contributed by atoms with E-state index >= 15 is 0 Å². The number of benzene rings is 1. The van der Waals surface area contributed by atoms with Crippen LogP contribution in [0.25, 0.3) is 0 Å². The molecule has 1 aromatic heterocycles. The van der Waals surface area contributed by atoms with Crippen molar-refractivity contribution in [3.63, 3.8) is 0 Å². The van der Waals surface area contributed by atoms with Gasteiger partial charge in [0.1, 0.15) is 0 Å². The number of carbonyl (C=O) groups excluding carboxylic acids is 1. The second-order valence-electron chi connectivity index (χ2n) is 6.08. The maximum atomic E-state index is 12.7. The van der Waals surface area contributed by atoms with Gasteiger partial charge in [0.25, 0.3) is 5.91 Å². The Morgan fingerprint density at radius 2 is 1.96 bits per heavy atom. The van der Waals surface area contributed by atoms with Gasteiger partial charge in [-0.05, 0) is 49.7 Å². The van der Waals surface area contributed by atoms with E-state index in [1.807, 2.05) is 19.1 Å². The van der Waals surface area contributed by atoms with Crippen molar-refractivity contribution in [3.8, 4) is 0 Å². The van der Waals surface area contributed by atoms with E-state index in [1.54, 1.807) is 29.2 Å². The van der Waals surface area contributed by atoms with Crippen LogP contribution in [0.1, 0.15) is 23.8 Å². The van der Waals surface area contributed by atoms with E-state index in [1.165, 1.54) is 0 Å². The van der Waals surface area contributed by atoms with Crippen molar-refractivity contribution in [3.05, 3.63) is 47.1 Å². The summed E-state index contributed by atoms with van der Waals surface area (Å²) < 4.78 is 23.4. The highest BCUT2D eigenvalue weighted by Gasteiger charge is 2.34. The van der Waals surface area contributed by atoms with E-state index in [0.29, 0.717) is 23.8 Å². The Kier molecular flexibility index (Phi) is 5.43. The first-order chi connectivity index (χ1) is 12.4. The van der Waals surface area contributed by atoms with Crippen molar-refractivity contribution >= 4 is 38.9 Å². The van der Waals surface area contributed by atoms with Gasteiger partial charge in [0.05, 0.1) is 11.5 Å². The Hall–Kier alpha value is -2.19. The lowest BCUT2D eigenvalue weighted by atomic mass is 10.2. The summed E-state index contributed by atoms with van der Waals surface area (Å²) in [5.74, 6) is 0.323. The predicted octanol–water partition coefficient (Wildman–Crippen LogP) is 2.52. The molecule has 7 nitrogen and oxygen atoms in total. The molecule has 1 aliphatic rings. The summed E-state index contributed by atoms with van der Waals surface area (Å²) in [5.41, 5.74) is 0.993. The van der Waals surface area contributed by atoms with Crippen LogP contribution in [0.15, 0.2) is 36.4 Å². The van der Waals surface area contributed by atoms with Crippen LogP contribution >= 0.6 is 11.6 Å². The van der Waals surface area contributed by atoms with Crippen molar-refractivity contribution in [1.29, 1.82) is 0 Å². The van der Waals surface area contributed by atoms with E-state index in [0.717, 1.165) is 5.69 Å². The largest absolute Gasteiger partial charge is 0.339 e. The summed E-state index contributed by atoms with van der Waals surface area (Å²) >= 11 is 5.85. The van der Waals surface area contributed by atoms with Gasteiger partial charge < -0.3 is 10.2 Å². The van der Waals surface area contributed by atoms with Crippen molar-refractivity contribution in [2.75, 3.05) is 23.4 Å². The molecule has 3 rings (SSSR count). The molecule has 1 saturated heterocycles. The van der Waals surface area contributed by atoms with Crippen LogP contribution in [-0.2, 0) is 9.84 Å². The van der Waals surface area contributed by atoms with Crippen molar-refractivity contribution in [1.82, 2.24) is 15.1 Å². The van der Waals surface area contributed by atoms with Gasteiger partial charge in [-0.1, -0.05) is 11.6 Å². The van der Waals surface area contributed by atoms with Crippen LogP contribution in [0.3, 0.4) is 0 Å². The normalized spacial score (nSPS) is 18.5. The first-order valence-corrected chi connectivity index (χ1v) is 10.5. The number of halogens is 1. The Bertz CT molecular complexity index is 885. The highest BCUT2D eigenvalue weighted by Crippen LogP contribution is 2.20. The zero-order valence-corrected chi connectivity index (χ0v) is 15.8. The van der Waals surface area contributed by atoms with Crippen LogP contribution in [0.5, 0.6) is 0 Å². The van der Waals surface area contributed by atoms with E-state index in [-0.39, 0.29) is 29.1 Å². The molecule has 26 heavy (non-hydrogen) atoms.